The highest BCUT2D eigenvalue weighted by Gasteiger charge is 2.54. The van der Waals surface area contributed by atoms with Gasteiger partial charge in [0.05, 0.1) is 0 Å². The molecule has 0 aliphatic carbocycles. The lowest BCUT2D eigenvalue weighted by Gasteiger charge is -2.49. The van der Waals surface area contributed by atoms with E-state index in [4.69, 9.17) is 4.84 Å². The molecule has 11 nitrogen and oxygen atoms in total. The predicted molar refractivity (Wildman–Crippen MR) is 105 cm³/mol. The van der Waals surface area contributed by atoms with Gasteiger partial charge in [-0.25, -0.2) is 9.78 Å². The minimum Gasteiger partial charge on any atom is -0.477 e. The first-order valence-electron chi connectivity index (χ1n) is 8.04. The number of thioether (sulfide) groups is 1. The molecule has 29 heavy (non-hydrogen) atoms. The van der Waals surface area contributed by atoms with E-state index >= 15 is 0 Å². The number of carbonyl (C=O) groups excluding carboxylic acids is 3. The first-order valence-corrected chi connectivity index (χ1v) is 9.97. The van der Waals surface area contributed by atoms with Gasteiger partial charge in [0, 0.05) is 11.1 Å². The Morgan fingerprint density at radius 2 is 2.28 bits per heavy atom. The molecule has 0 aromatic carbocycles. The Balaban J connectivity index is 1.78. The van der Waals surface area contributed by atoms with Crippen LogP contribution in [-0.2, 0) is 24.0 Å². The average molecular weight is 437 g/mol. The van der Waals surface area contributed by atoms with Crippen LogP contribution in [0.25, 0.3) is 0 Å². The first kappa shape index (κ1) is 20.5. The van der Waals surface area contributed by atoms with Crippen LogP contribution >= 0.6 is 23.1 Å². The number of aromatic nitrogens is 1. The minimum absolute atomic E-state index is 0.130. The van der Waals surface area contributed by atoms with Crippen LogP contribution in [0.3, 0.4) is 0 Å². The third-order valence-corrected chi connectivity index (χ3v) is 6.14. The van der Waals surface area contributed by atoms with Crippen LogP contribution < -0.4 is 10.6 Å². The number of oxime groups is 1. The average Bonchev–Trinajstić information content (AvgIpc) is 3.17. The van der Waals surface area contributed by atoms with Crippen LogP contribution in [-0.4, -0.2) is 69.2 Å². The smallest absolute Gasteiger partial charge is 0.352 e. The summed E-state index contributed by atoms with van der Waals surface area (Å²) in [7, 11) is 1.25. The second-order valence-corrected chi connectivity index (χ2v) is 7.63. The number of thiazole rings is 1. The molecule has 2 atom stereocenters. The molecule has 1 saturated heterocycles. The molecule has 0 radical (unpaired) electrons. The van der Waals surface area contributed by atoms with E-state index < -0.39 is 29.2 Å². The monoisotopic (exact) mass is 437 g/mol. The molecule has 2 aliphatic heterocycles. The summed E-state index contributed by atoms with van der Waals surface area (Å²) in [5.74, 6) is -2.16. The number of fused-ring (bicyclic) bond motifs is 1. The number of aliphatic carboxylic acids is 1. The van der Waals surface area contributed by atoms with Crippen LogP contribution in [0.4, 0.5) is 5.13 Å². The largest absolute Gasteiger partial charge is 0.477 e. The van der Waals surface area contributed by atoms with Gasteiger partial charge in [0.15, 0.2) is 10.8 Å². The van der Waals surface area contributed by atoms with Crippen molar-refractivity contribution in [1.82, 2.24) is 15.2 Å². The summed E-state index contributed by atoms with van der Waals surface area (Å²) in [4.78, 5) is 57.2. The fourth-order valence-electron chi connectivity index (χ4n) is 2.80. The SMILES string of the molecule is C=CC1=C(C(=O)O)N2C(=O)C(NC(=O)C(=NOC)c3csc(NC=O)n3)[C@@H]2SC1. The number of nitrogens with one attached hydrogen (secondary N) is 2. The molecule has 0 bridgehead atoms. The lowest BCUT2D eigenvalue weighted by atomic mass is 10.0. The maximum atomic E-state index is 12.7. The maximum Gasteiger partial charge on any atom is 0.352 e. The predicted octanol–water partition coefficient (Wildman–Crippen LogP) is -0.0135. The second kappa shape index (κ2) is 8.45. The Morgan fingerprint density at radius 1 is 1.52 bits per heavy atom. The fourth-order valence-corrected chi connectivity index (χ4v) is 4.80. The van der Waals surface area contributed by atoms with E-state index in [2.05, 4.69) is 27.4 Å². The van der Waals surface area contributed by atoms with Crippen LogP contribution in [0.5, 0.6) is 0 Å². The van der Waals surface area contributed by atoms with Gasteiger partial charge in [-0.05, 0) is 5.57 Å². The number of β-lactam (4-membered cyclic amide) rings is 1. The van der Waals surface area contributed by atoms with Crippen molar-refractivity contribution in [2.24, 2.45) is 5.16 Å². The number of hydrogen-bond acceptors (Lipinski definition) is 9. The van der Waals surface area contributed by atoms with Gasteiger partial charge < -0.3 is 20.6 Å². The quantitative estimate of drug-likeness (QED) is 0.222. The molecule has 1 unspecified atom stereocenters. The van der Waals surface area contributed by atoms with E-state index in [1.807, 2.05) is 0 Å². The van der Waals surface area contributed by atoms with Crippen molar-refractivity contribution in [3.63, 3.8) is 0 Å². The number of amides is 3. The Morgan fingerprint density at radius 3 is 2.90 bits per heavy atom. The molecule has 3 N–H and O–H groups in total. The van der Waals surface area contributed by atoms with Crippen molar-refractivity contribution >= 4 is 58.1 Å². The third kappa shape index (κ3) is 3.73. The highest BCUT2D eigenvalue weighted by atomic mass is 32.2. The molecule has 3 heterocycles. The number of carboxylic acids is 1. The Kier molecular flexibility index (Phi) is 5.98. The van der Waals surface area contributed by atoms with Crippen LogP contribution in [0, 0.1) is 0 Å². The maximum absolute atomic E-state index is 12.7. The zero-order valence-corrected chi connectivity index (χ0v) is 16.6. The summed E-state index contributed by atoms with van der Waals surface area (Å²) < 4.78 is 0. The highest BCUT2D eigenvalue weighted by molar-refractivity contribution is 8.00. The summed E-state index contributed by atoms with van der Waals surface area (Å²) in [5, 5.41) is 19.2. The van der Waals surface area contributed by atoms with Crippen molar-refractivity contribution in [3.8, 4) is 0 Å². The molecule has 152 valence electrons. The number of hydrogen-bond donors (Lipinski definition) is 3. The molecule has 0 saturated carbocycles. The highest BCUT2D eigenvalue weighted by Crippen LogP contribution is 2.40. The molecular weight excluding hydrogens is 422 g/mol. The topological polar surface area (TPSA) is 150 Å². The van der Waals surface area contributed by atoms with Crippen molar-refractivity contribution < 1.29 is 29.1 Å². The summed E-state index contributed by atoms with van der Waals surface area (Å²) in [6.07, 6.45) is 1.85. The molecule has 0 spiro atoms. The van der Waals surface area contributed by atoms with Gasteiger partial charge in [0.2, 0.25) is 6.41 Å². The van der Waals surface area contributed by atoms with E-state index in [0.29, 0.717) is 17.7 Å². The van der Waals surface area contributed by atoms with Crippen molar-refractivity contribution in [1.29, 1.82) is 0 Å². The molecule has 13 heteroatoms. The molecule has 1 fully saturated rings. The normalized spacial score (nSPS) is 21.1. The van der Waals surface area contributed by atoms with E-state index in [0.717, 1.165) is 16.2 Å². The van der Waals surface area contributed by atoms with Crippen molar-refractivity contribution in [2.75, 3.05) is 18.2 Å². The van der Waals surface area contributed by atoms with Gasteiger partial charge in [0.25, 0.3) is 11.8 Å². The second-order valence-electron chi connectivity index (χ2n) is 5.67. The number of allylic oxidation sites excluding steroid dienone is 1. The summed E-state index contributed by atoms with van der Waals surface area (Å²) in [5.41, 5.74) is 0.277. The zero-order valence-electron chi connectivity index (χ0n) is 14.9. The molecule has 1 aromatic heterocycles. The lowest BCUT2D eigenvalue weighted by molar-refractivity contribution is -0.150. The van der Waals surface area contributed by atoms with Gasteiger partial charge in [0.1, 0.15) is 29.9 Å². The van der Waals surface area contributed by atoms with Crippen molar-refractivity contribution in [3.05, 3.63) is 35.0 Å². The van der Waals surface area contributed by atoms with E-state index in [1.54, 1.807) is 0 Å². The standard InChI is InChI=1S/C16H15N5O6S2/c1-3-7-4-28-14-10(13(24)21(14)11(7)15(25)26)19-12(23)9(20-27-2)8-5-29-16(18-8)17-6-22/h3,5-6,10,14H,1,4H2,2H3,(H,19,23)(H,25,26)(H,17,18,22)/t10?,14-/m0/s1. The first-order chi connectivity index (χ1) is 13.9. The van der Waals surface area contributed by atoms with Gasteiger partial charge in [-0.2, -0.15) is 0 Å². The molecule has 3 rings (SSSR count). The molecule has 3 amide bonds. The van der Waals surface area contributed by atoms with Gasteiger partial charge in [-0.1, -0.05) is 17.8 Å². The Hall–Kier alpha value is -3.19. The van der Waals surface area contributed by atoms with Gasteiger partial charge in [-0.3, -0.25) is 19.3 Å². The number of anilines is 1. The number of rotatable bonds is 8. The van der Waals surface area contributed by atoms with Gasteiger partial charge in [-0.15, -0.1) is 23.1 Å². The molecule has 1 aromatic rings. The molecular formula is C16H15N5O6S2. The van der Waals surface area contributed by atoms with Crippen LogP contribution in [0.15, 0.2) is 34.5 Å². The van der Waals surface area contributed by atoms with E-state index in [-0.39, 0.29) is 22.2 Å². The van der Waals surface area contributed by atoms with Crippen LogP contribution in [0.1, 0.15) is 5.69 Å². The minimum atomic E-state index is -1.23. The number of nitrogens with zero attached hydrogens (tertiary/aromatic N) is 3. The van der Waals surface area contributed by atoms with Gasteiger partial charge >= 0.3 is 5.97 Å². The Bertz CT molecular complexity index is 955. The summed E-state index contributed by atoms with van der Waals surface area (Å²) in [6, 6.07) is -0.929. The molecule has 2 aliphatic rings. The summed E-state index contributed by atoms with van der Waals surface area (Å²) >= 11 is 2.40. The number of carbonyl (C=O) groups is 4. The Labute approximate surface area is 172 Å². The van der Waals surface area contributed by atoms with Crippen molar-refractivity contribution in [2.45, 2.75) is 11.4 Å². The summed E-state index contributed by atoms with van der Waals surface area (Å²) in [6.45, 7) is 3.58. The zero-order chi connectivity index (χ0) is 21.1. The fraction of sp³-hybridized carbons (Fsp3) is 0.250. The third-order valence-electron chi connectivity index (χ3n) is 4.06. The van der Waals surface area contributed by atoms with Crippen LogP contribution in [0.2, 0.25) is 0 Å². The van der Waals surface area contributed by atoms with E-state index in [9.17, 15) is 24.3 Å². The van der Waals surface area contributed by atoms with E-state index in [1.165, 1.54) is 30.3 Å². The lowest BCUT2D eigenvalue weighted by Crippen LogP contribution is -2.71. The number of carboxylic acid groups (broad SMARTS) is 1.